The summed E-state index contributed by atoms with van der Waals surface area (Å²) < 4.78 is 46.0. The standard InChI is InChI=1S/C18H14F3NO4/c1-17(10-11-5-2-3-8-14(11)15(23)26-17)16(24)22-12-6-4-7-13(9-12)25-18(19,20)21/h2-9H,10H2,1H3,(H,22,24). The maximum atomic E-state index is 12.6. The number of cyclic esters (lactones) is 1. The van der Waals surface area contributed by atoms with Gasteiger partial charge in [-0.05, 0) is 30.7 Å². The van der Waals surface area contributed by atoms with E-state index in [4.69, 9.17) is 4.74 Å². The van der Waals surface area contributed by atoms with Gasteiger partial charge in [-0.2, -0.15) is 0 Å². The number of anilines is 1. The monoisotopic (exact) mass is 365 g/mol. The molecular weight excluding hydrogens is 351 g/mol. The maximum Gasteiger partial charge on any atom is 0.573 e. The van der Waals surface area contributed by atoms with Gasteiger partial charge >= 0.3 is 12.3 Å². The average Bonchev–Trinajstić information content (AvgIpc) is 2.53. The first-order chi connectivity index (χ1) is 12.2. The van der Waals surface area contributed by atoms with Crippen molar-refractivity contribution in [2.75, 3.05) is 5.32 Å². The number of hydrogen-bond acceptors (Lipinski definition) is 4. The minimum absolute atomic E-state index is 0.0906. The lowest BCUT2D eigenvalue weighted by Gasteiger charge is -2.33. The van der Waals surface area contributed by atoms with Gasteiger partial charge < -0.3 is 14.8 Å². The zero-order valence-electron chi connectivity index (χ0n) is 13.6. The van der Waals surface area contributed by atoms with E-state index >= 15 is 0 Å². The van der Waals surface area contributed by atoms with Gasteiger partial charge in [0.1, 0.15) is 5.75 Å². The van der Waals surface area contributed by atoms with Crippen molar-refractivity contribution in [1.82, 2.24) is 0 Å². The number of carbonyl (C=O) groups excluding carboxylic acids is 2. The van der Waals surface area contributed by atoms with E-state index in [-0.39, 0.29) is 12.1 Å². The van der Waals surface area contributed by atoms with Gasteiger partial charge in [0.2, 0.25) is 0 Å². The predicted molar refractivity (Wildman–Crippen MR) is 85.7 cm³/mol. The second kappa shape index (κ2) is 6.36. The summed E-state index contributed by atoms with van der Waals surface area (Å²) in [5.41, 5.74) is -0.339. The Morgan fingerprint density at radius 1 is 1.19 bits per heavy atom. The molecule has 1 aliphatic heterocycles. The largest absolute Gasteiger partial charge is 0.573 e. The third-order valence-corrected chi connectivity index (χ3v) is 3.89. The highest BCUT2D eigenvalue weighted by molar-refractivity contribution is 6.02. The minimum Gasteiger partial charge on any atom is -0.445 e. The van der Waals surface area contributed by atoms with Crippen LogP contribution in [0.2, 0.25) is 0 Å². The van der Waals surface area contributed by atoms with Crippen LogP contribution < -0.4 is 10.1 Å². The van der Waals surface area contributed by atoms with Crippen molar-refractivity contribution in [3.63, 3.8) is 0 Å². The molecule has 26 heavy (non-hydrogen) atoms. The van der Waals surface area contributed by atoms with Crippen molar-refractivity contribution in [2.45, 2.75) is 25.3 Å². The fourth-order valence-electron chi connectivity index (χ4n) is 2.69. The summed E-state index contributed by atoms with van der Waals surface area (Å²) in [6, 6.07) is 11.6. The Morgan fingerprint density at radius 2 is 1.92 bits per heavy atom. The molecule has 2 aromatic rings. The van der Waals surface area contributed by atoms with Crippen molar-refractivity contribution in [2.24, 2.45) is 0 Å². The van der Waals surface area contributed by atoms with E-state index in [0.29, 0.717) is 11.1 Å². The molecule has 3 rings (SSSR count). The van der Waals surface area contributed by atoms with E-state index in [9.17, 15) is 22.8 Å². The molecule has 0 fully saturated rings. The zero-order valence-corrected chi connectivity index (χ0v) is 13.6. The predicted octanol–water partition coefficient (Wildman–Crippen LogP) is 3.70. The van der Waals surface area contributed by atoms with Gasteiger partial charge in [0.05, 0.1) is 5.56 Å². The first-order valence-corrected chi connectivity index (χ1v) is 7.65. The molecule has 0 spiro atoms. The number of esters is 1. The SMILES string of the molecule is CC1(C(=O)Nc2cccc(OC(F)(F)F)c2)Cc2ccccc2C(=O)O1. The quantitative estimate of drug-likeness (QED) is 0.843. The highest BCUT2D eigenvalue weighted by Crippen LogP contribution is 2.30. The fourth-order valence-corrected chi connectivity index (χ4v) is 2.69. The summed E-state index contributed by atoms with van der Waals surface area (Å²) in [5, 5.41) is 2.47. The second-order valence-corrected chi connectivity index (χ2v) is 5.98. The molecular formula is C18H14F3NO4. The van der Waals surface area contributed by atoms with Crippen LogP contribution in [-0.2, 0) is 16.0 Å². The molecule has 1 heterocycles. The third-order valence-electron chi connectivity index (χ3n) is 3.89. The smallest absolute Gasteiger partial charge is 0.445 e. The summed E-state index contributed by atoms with van der Waals surface area (Å²) in [7, 11) is 0. The lowest BCUT2D eigenvalue weighted by atomic mass is 9.89. The number of alkyl halides is 3. The van der Waals surface area contributed by atoms with Crippen LogP contribution in [0.25, 0.3) is 0 Å². The molecule has 1 unspecified atom stereocenters. The van der Waals surface area contributed by atoms with Crippen LogP contribution in [0.5, 0.6) is 5.75 Å². The van der Waals surface area contributed by atoms with E-state index in [1.54, 1.807) is 24.3 Å². The van der Waals surface area contributed by atoms with Crippen molar-refractivity contribution >= 4 is 17.6 Å². The number of hydrogen-bond donors (Lipinski definition) is 1. The molecule has 0 saturated heterocycles. The zero-order chi connectivity index (χ0) is 18.9. The highest BCUT2D eigenvalue weighted by Gasteiger charge is 2.42. The van der Waals surface area contributed by atoms with Crippen LogP contribution in [0.15, 0.2) is 48.5 Å². The Bertz CT molecular complexity index is 866. The van der Waals surface area contributed by atoms with Gasteiger partial charge in [0.25, 0.3) is 5.91 Å². The molecule has 136 valence electrons. The molecule has 1 N–H and O–H groups in total. The molecule has 8 heteroatoms. The van der Waals surface area contributed by atoms with E-state index in [0.717, 1.165) is 12.1 Å². The number of ether oxygens (including phenoxy) is 2. The molecule has 1 atom stereocenters. The number of fused-ring (bicyclic) bond motifs is 1. The lowest BCUT2D eigenvalue weighted by molar-refractivity contribution is -0.274. The van der Waals surface area contributed by atoms with Crippen molar-refractivity contribution in [3.05, 3.63) is 59.7 Å². The molecule has 1 amide bonds. The molecule has 0 saturated carbocycles. The van der Waals surface area contributed by atoms with Crippen LogP contribution in [0, 0.1) is 0 Å². The van der Waals surface area contributed by atoms with Gasteiger partial charge in [-0.25, -0.2) is 4.79 Å². The normalized spacial score (nSPS) is 19.3. The van der Waals surface area contributed by atoms with E-state index in [1.807, 2.05) is 0 Å². The fraction of sp³-hybridized carbons (Fsp3) is 0.222. The summed E-state index contributed by atoms with van der Waals surface area (Å²) >= 11 is 0. The Balaban J connectivity index is 1.78. The van der Waals surface area contributed by atoms with Gasteiger partial charge in [0, 0.05) is 18.2 Å². The minimum atomic E-state index is -4.84. The van der Waals surface area contributed by atoms with Crippen LogP contribution in [0.1, 0.15) is 22.8 Å². The first-order valence-electron chi connectivity index (χ1n) is 7.65. The van der Waals surface area contributed by atoms with E-state index in [1.165, 1.54) is 19.1 Å². The van der Waals surface area contributed by atoms with Crippen LogP contribution in [0.3, 0.4) is 0 Å². The summed E-state index contributed by atoms with van der Waals surface area (Å²) in [4.78, 5) is 24.7. The Hall–Kier alpha value is -3.03. The topological polar surface area (TPSA) is 64.6 Å². The van der Waals surface area contributed by atoms with E-state index in [2.05, 4.69) is 10.1 Å². The van der Waals surface area contributed by atoms with Crippen molar-refractivity contribution < 1.29 is 32.2 Å². The Morgan fingerprint density at radius 3 is 2.65 bits per heavy atom. The Kier molecular flexibility index (Phi) is 4.35. The molecule has 1 aliphatic rings. The summed E-state index contributed by atoms with van der Waals surface area (Å²) in [6.45, 7) is 1.45. The summed E-state index contributed by atoms with van der Waals surface area (Å²) in [6.07, 6.45) is -4.68. The third kappa shape index (κ3) is 3.79. The number of rotatable bonds is 3. The number of halogens is 3. The first kappa shape index (κ1) is 17.8. The maximum absolute atomic E-state index is 12.6. The van der Waals surface area contributed by atoms with E-state index < -0.39 is 29.6 Å². The van der Waals surface area contributed by atoms with Crippen molar-refractivity contribution in [1.29, 1.82) is 0 Å². The number of amides is 1. The highest BCUT2D eigenvalue weighted by atomic mass is 19.4. The van der Waals surface area contributed by atoms with Gasteiger partial charge in [-0.1, -0.05) is 24.3 Å². The summed E-state index contributed by atoms with van der Waals surface area (Å²) in [5.74, 6) is -1.74. The Labute approximate surface area is 146 Å². The molecule has 5 nitrogen and oxygen atoms in total. The molecule has 0 aliphatic carbocycles. The molecule has 0 aromatic heterocycles. The van der Waals surface area contributed by atoms with Crippen molar-refractivity contribution in [3.8, 4) is 5.75 Å². The number of carbonyl (C=O) groups is 2. The average molecular weight is 365 g/mol. The van der Waals surface area contributed by atoms with Gasteiger partial charge in [-0.15, -0.1) is 13.2 Å². The molecule has 2 aromatic carbocycles. The van der Waals surface area contributed by atoms with Crippen LogP contribution in [0.4, 0.5) is 18.9 Å². The van der Waals surface area contributed by atoms with Gasteiger partial charge in [-0.3, -0.25) is 4.79 Å². The van der Waals surface area contributed by atoms with Crippen LogP contribution in [-0.4, -0.2) is 23.8 Å². The molecule has 0 bridgehead atoms. The number of benzene rings is 2. The lowest BCUT2D eigenvalue weighted by Crippen LogP contribution is -2.48. The number of nitrogens with one attached hydrogen (secondary N) is 1. The second-order valence-electron chi connectivity index (χ2n) is 5.98. The molecule has 0 radical (unpaired) electrons. The van der Waals surface area contributed by atoms with Crippen LogP contribution >= 0.6 is 0 Å². The van der Waals surface area contributed by atoms with Gasteiger partial charge in [0.15, 0.2) is 5.60 Å².